The molecule has 62 valence electrons. The van der Waals surface area contributed by atoms with Crippen molar-refractivity contribution in [2.45, 2.75) is 11.9 Å². The fourth-order valence-electron chi connectivity index (χ4n) is 0.714. The van der Waals surface area contributed by atoms with E-state index in [4.69, 9.17) is 5.53 Å². The molecule has 0 saturated heterocycles. The highest BCUT2D eigenvalue weighted by molar-refractivity contribution is 7.98. The van der Waals surface area contributed by atoms with Crippen LogP contribution in [-0.4, -0.2) is 16.2 Å². The van der Waals surface area contributed by atoms with Gasteiger partial charge in [0.15, 0.2) is 0 Å². The monoisotopic (exact) mass is 181 g/mol. The first kappa shape index (κ1) is 8.83. The largest absolute Gasteiger partial charge is 0.232 e. The van der Waals surface area contributed by atoms with E-state index < -0.39 is 0 Å². The normalized spacial score (nSPS) is 9.17. The number of aryl methyl sites for hydroxylation is 1. The molecule has 0 radical (unpaired) electrons. The van der Waals surface area contributed by atoms with Gasteiger partial charge in [0.05, 0.1) is 5.03 Å². The lowest BCUT2D eigenvalue weighted by Crippen LogP contribution is -1.86. The molecule has 0 aliphatic rings. The van der Waals surface area contributed by atoms with E-state index in [1.807, 2.05) is 19.2 Å². The van der Waals surface area contributed by atoms with E-state index in [0.717, 1.165) is 10.7 Å². The van der Waals surface area contributed by atoms with Crippen LogP contribution in [0.4, 0.5) is 5.95 Å². The molecule has 5 nitrogen and oxygen atoms in total. The van der Waals surface area contributed by atoms with Crippen molar-refractivity contribution in [2.75, 3.05) is 6.26 Å². The minimum Gasteiger partial charge on any atom is -0.232 e. The molecular weight excluding hydrogens is 174 g/mol. The summed E-state index contributed by atoms with van der Waals surface area (Å²) in [6, 6.07) is 1.83. The molecule has 0 fully saturated rings. The highest BCUT2D eigenvalue weighted by Crippen LogP contribution is 2.15. The van der Waals surface area contributed by atoms with Gasteiger partial charge in [-0.15, -0.1) is 11.8 Å². The van der Waals surface area contributed by atoms with Gasteiger partial charge in [-0.2, -0.15) is 0 Å². The highest BCUT2D eigenvalue weighted by Gasteiger charge is 1.97. The van der Waals surface area contributed by atoms with Gasteiger partial charge in [-0.05, 0) is 29.9 Å². The van der Waals surface area contributed by atoms with Crippen molar-refractivity contribution < 1.29 is 0 Å². The molecule has 12 heavy (non-hydrogen) atoms. The fraction of sp³-hybridized carbons (Fsp3) is 0.333. The lowest BCUT2D eigenvalue weighted by molar-refractivity contribution is 0.995. The van der Waals surface area contributed by atoms with Crippen LogP contribution in [0.1, 0.15) is 5.69 Å². The Morgan fingerprint density at radius 2 is 2.33 bits per heavy atom. The third-order valence-corrected chi connectivity index (χ3v) is 1.79. The van der Waals surface area contributed by atoms with Gasteiger partial charge in [0, 0.05) is 10.6 Å². The quantitative estimate of drug-likeness (QED) is 0.231. The molecule has 0 bridgehead atoms. The van der Waals surface area contributed by atoms with Crippen molar-refractivity contribution in [2.24, 2.45) is 5.11 Å². The third-order valence-electron chi connectivity index (χ3n) is 1.16. The van der Waals surface area contributed by atoms with Crippen LogP contribution >= 0.6 is 11.8 Å². The van der Waals surface area contributed by atoms with Crippen LogP contribution in [0.3, 0.4) is 0 Å². The molecule has 0 aromatic carbocycles. The predicted octanol–water partition coefficient (Wildman–Crippen LogP) is 2.45. The van der Waals surface area contributed by atoms with E-state index in [1.54, 1.807) is 0 Å². The maximum atomic E-state index is 8.15. The summed E-state index contributed by atoms with van der Waals surface area (Å²) < 4.78 is 0. The van der Waals surface area contributed by atoms with Crippen LogP contribution in [0, 0.1) is 6.92 Å². The first-order chi connectivity index (χ1) is 5.76. The lowest BCUT2D eigenvalue weighted by Gasteiger charge is -1.97. The second kappa shape index (κ2) is 3.94. The van der Waals surface area contributed by atoms with Crippen LogP contribution in [-0.2, 0) is 0 Å². The Labute approximate surface area is 73.9 Å². The summed E-state index contributed by atoms with van der Waals surface area (Å²) in [6.07, 6.45) is 1.90. The minimum atomic E-state index is 0.182. The van der Waals surface area contributed by atoms with Gasteiger partial charge in [0.2, 0.25) is 5.95 Å². The SMILES string of the molecule is CSc1cc(C)nc(N=[N+]=[N-])n1. The molecule has 6 heteroatoms. The van der Waals surface area contributed by atoms with Gasteiger partial charge < -0.3 is 0 Å². The molecule has 1 aromatic heterocycles. The average molecular weight is 181 g/mol. The van der Waals surface area contributed by atoms with Crippen molar-refractivity contribution in [1.29, 1.82) is 0 Å². The summed E-state index contributed by atoms with van der Waals surface area (Å²) in [5.74, 6) is 0.182. The molecule has 0 N–H and O–H groups in total. The summed E-state index contributed by atoms with van der Waals surface area (Å²) in [4.78, 5) is 10.5. The summed E-state index contributed by atoms with van der Waals surface area (Å²) in [6.45, 7) is 1.83. The van der Waals surface area contributed by atoms with E-state index >= 15 is 0 Å². The second-order valence-electron chi connectivity index (χ2n) is 2.04. The van der Waals surface area contributed by atoms with Gasteiger partial charge in [-0.25, -0.2) is 9.97 Å². The number of rotatable bonds is 2. The Hall–Kier alpha value is -1.26. The number of thioether (sulfide) groups is 1. The van der Waals surface area contributed by atoms with Crippen LogP contribution in [0.15, 0.2) is 16.2 Å². The Kier molecular flexibility index (Phi) is 2.90. The Balaban J connectivity index is 3.14. The molecule has 1 heterocycles. The maximum Gasteiger partial charge on any atom is 0.217 e. The van der Waals surface area contributed by atoms with E-state index in [2.05, 4.69) is 20.0 Å². The first-order valence-corrected chi connectivity index (χ1v) is 4.43. The summed E-state index contributed by atoms with van der Waals surface area (Å²) in [7, 11) is 0. The highest BCUT2D eigenvalue weighted by atomic mass is 32.2. The number of aromatic nitrogens is 2. The summed E-state index contributed by atoms with van der Waals surface area (Å²) in [5.41, 5.74) is 8.95. The molecular formula is C6H7N5S. The molecule has 0 amide bonds. The maximum absolute atomic E-state index is 8.15. The zero-order chi connectivity index (χ0) is 8.97. The van der Waals surface area contributed by atoms with Crippen molar-refractivity contribution in [1.82, 2.24) is 9.97 Å². The van der Waals surface area contributed by atoms with Gasteiger partial charge in [-0.1, -0.05) is 0 Å². The predicted molar refractivity (Wildman–Crippen MR) is 47.4 cm³/mol. The molecule has 1 aromatic rings. The van der Waals surface area contributed by atoms with Crippen molar-refractivity contribution in [3.05, 3.63) is 22.2 Å². The number of nitrogens with zero attached hydrogens (tertiary/aromatic N) is 5. The van der Waals surface area contributed by atoms with Crippen LogP contribution in [0.5, 0.6) is 0 Å². The van der Waals surface area contributed by atoms with E-state index in [9.17, 15) is 0 Å². The van der Waals surface area contributed by atoms with Gasteiger partial charge >= 0.3 is 0 Å². The Morgan fingerprint density at radius 3 is 2.92 bits per heavy atom. The first-order valence-electron chi connectivity index (χ1n) is 3.21. The molecule has 0 aliphatic heterocycles. The molecule has 1 rings (SSSR count). The van der Waals surface area contributed by atoms with Gasteiger partial charge in [0.25, 0.3) is 0 Å². The molecule has 0 spiro atoms. The van der Waals surface area contributed by atoms with Gasteiger partial charge in [-0.3, -0.25) is 0 Å². The van der Waals surface area contributed by atoms with Crippen LogP contribution in [0.2, 0.25) is 0 Å². The fourth-order valence-corrected chi connectivity index (χ4v) is 1.18. The van der Waals surface area contributed by atoms with E-state index in [0.29, 0.717) is 0 Å². The molecule has 0 aliphatic carbocycles. The Morgan fingerprint density at radius 1 is 1.58 bits per heavy atom. The van der Waals surface area contributed by atoms with Crippen LogP contribution < -0.4 is 0 Å². The zero-order valence-electron chi connectivity index (χ0n) is 6.72. The van der Waals surface area contributed by atoms with E-state index in [-0.39, 0.29) is 5.95 Å². The lowest BCUT2D eigenvalue weighted by atomic mass is 10.5. The number of hydrogen-bond acceptors (Lipinski definition) is 4. The van der Waals surface area contributed by atoms with Crippen molar-refractivity contribution >= 4 is 17.7 Å². The smallest absolute Gasteiger partial charge is 0.217 e. The number of hydrogen-bond donors (Lipinski definition) is 0. The molecule has 0 atom stereocenters. The average Bonchev–Trinajstić information content (AvgIpc) is 2.04. The molecule has 0 unspecified atom stereocenters. The second-order valence-corrected chi connectivity index (χ2v) is 2.87. The summed E-state index contributed by atoms with van der Waals surface area (Å²) >= 11 is 1.49. The summed E-state index contributed by atoms with van der Waals surface area (Å²) in [5, 5.41) is 4.13. The molecule has 0 saturated carbocycles. The van der Waals surface area contributed by atoms with Crippen LogP contribution in [0.25, 0.3) is 10.4 Å². The zero-order valence-corrected chi connectivity index (χ0v) is 7.54. The van der Waals surface area contributed by atoms with Crippen molar-refractivity contribution in [3.8, 4) is 0 Å². The topological polar surface area (TPSA) is 74.5 Å². The number of azide groups is 1. The van der Waals surface area contributed by atoms with Gasteiger partial charge in [0.1, 0.15) is 0 Å². The minimum absolute atomic E-state index is 0.182. The van der Waals surface area contributed by atoms with Crippen molar-refractivity contribution in [3.63, 3.8) is 0 Å². The Bertz CT molecular complexity index is 331. The standard InChI is InChI=1S/C6H7N5S/c1-4-3-5(12-2)9-6(8-4)10-11-7/h3H,1-2H3. The van der Waals surface area contributed by atoms with E-state index in [1.165, 1.54) is 11.8 Å². The third kappa shape index (κ3) is 2.11.